The first-order valence-electron chi connectivity index (χ1n) is 5.69. The molecule has 0 radical (unpaired) electrons. The number of halogens is 2. The summed E-state index contributed by atoms with van der Waals surface area (Å²) < 4.78 is 0.995. The molecule has 0 saturated heterocycles. The van der Waals surface area contributed by atoms with Crippen LogP contribution in [0.3, 0.4) is 0 Å². The fraction of sp³-hybridized carbons (Fsp3) is 0.214. The van der Waals surface area contributed by atoms with Gasteiger partial charge in [0.1, 0.15) is 5.82 Å². The van der Waals surface area contributed by atoms with Gasteiger partial charge in [-0.3, -0.25) is 0 Å². The second-order valence-electron chi connectivity index (χ2n) is 4.13. The number of aryl methyl sites for hydroxylation is 1. The first-order valence-corrected chi connectivity index (χ1v) is 7.01. The van der Waals surface area contributed by atoms with Crippen molar-refractivity contribution in [3.05, 3.63) is 57.7 Å². The molecule has 1 aromatic heterocycles. The quantitative estimate of drug-likeness (QED) is 0.837. The van der Waals surface area contributed by atoms with Gasteiger partial charge in [0.2, 0.25) is 0 Å². The minimum Gasteiger partial charge on any atom is -0.366 e. The summed E-state index contributed by atoms with van der Waals surface area (Å²) in [4.78, 5) is 4.35. The van der Waals surface area contributed by atoms with Gasteiger partial charge in [-0.1, -0.05) is 24.3 Å². The van der Waals surface area contributed by atoms with Crippen LogP contribution in [0.5, 0.6) is 0 Å². The molecular formula is C14H14BrClN2. The van der Waals surface area contributed by atoms with Crippen LogP contribution in [0.1, 0.15) is 16.7 Å². The van der Waals surface area contributed by atoms with Gasteiger partial charge in [0.15, 0.2) is 0 Å². The molecule has 1 N–H and O–H groups in total. The molecule has 0 bridgehead atoms. The predicted octanol–water partition coefficient (Wildman–Crippen LogP) is 4.50. The first-order chi connectivity index (χ1) is 8.69. The van der Waals surface area contributed by atoms with Crippen LogP contribution in [0, 0.1) is 6.92 Å². The standard InChI is InChI=1S/C14H14BrClN2/c1-10-5-13(15)9-18-14(10)17-8-12-4-2-3-11(6-12)7-16/h2-6,9H,7-8H2,1H3,(H,17,18). The zero-order chi connectivity index (χ0) is 13.0. The Labute approximate surface area is 121 Å². The third kappa shape index (κ3) is 3.47. The molecule has 1 heterocycles. The molecule has 0 amide bonds. The molecule has 0 aliphatic rings. The first kappa shape index (κ1) is 13.4. The van der Waals surface area contributed by atoms with Crippen LogP contribution in [0.2, 0.25) is 0 Å². The third-order valence-corrected chi connectivity index (χ3v) is 3.39. The van der Waals surface area contributed by atoms with Crippen LogP contribution < -0.4 is 5.32 Å². The van der Waals surface area contributed by atoms with E-state index in [1.807, 2.05) is 25.1 Å². The lowest BCUT2D eigenvalue weighted by Gasteiger charge is -2.09. The summed E-state index contributed by atoms with van der Waals surface area (Å²) in [7, 11) is 0. The van der Waals surface area contributed by atoms with Crippen molar-refractivity contribution in [1.29, 1.82) is 0 Å². The van der Waals surface area contributed by atoms with Crippen LogP contribution in [-0.4, -0.2) is 4.98 Å². The Kier molecular flexibility index (Phi) is 4.61. The number of hydrogen-bond acceptors (Lipinski definition) is 2. The molecule has 2 nitrogen and oxygen atoms in total. The Morgan fingerprint density at radius 1 is 1.28 bits per heavy atom. The molecule has 0 unspecified atom stereocenters. The number of nitrogens with one attached hydrogen (secondary N) is 1. The van der Waals surface area contributed by atoms with Crippen molar-refractivity contribution < 1.29 is 0 Å². The summed E-state index contributed by atoms with van der Waals surface area (Å²) in [5.41, 5.74) is 3.46. The number of pyridine rings is 1. The highest BCUT2D eigenvalue weighted by atomic mass is 79.9. The lowest BCUT2D eigenvalue weighted by atomic mass is 10.1. The molecule has 1 aromatic carbocycles. The maximum Gasteiger partial charge on any atom is 0.129 e. The Morgan fingerprint density at radius 3 is 2.78 bits per heavy atom. The van der Waals surface area contributed by atoms with Gasteiger partial charge in [0, 0.05) is 23.1 Å². The summed E-state index contributed by atoms with van der Waals surface area (Å²) in [6.45, 7) is 2.79. The van der Waals surface area contributed by atoms with Crippen molar-refractivity contribution in [2.45, 2.75) is 19.3 Å². The minimum atomic E-state index is 0.545. The molecule has 0 atom stereocenters. The SMILES string of the molecule is Cc1cc(Br)cnc1NCc1cccc(CCl)c1. The highest BCUT2D eigenvalue weighted by molar-refractivity contribution is 9.10. The molecule has 0 fully saturated rings. The van der Waals surface area contributed by atoms with Crippen molar-refractivity contribution in [1.82, 2.24) is 4.98 Å². The molecular weight excluding hydrogens is 312 g/mol. The van der Waals surface area contributed by atoms with Crippen LogP contribution in [0.25, 0.3) is 0 Å². The molecule has 2 rings (SSSR count). The number of alkyl halides is 1. The summed E-state index contributed by atoms with van der Waals surface area (Å²) in [5.74, 6) is 1.46. The van der Waals surface area contributed by atoms with Crippen molar-refractivity contribution in [3.63, 3.8) is 0 Å². The van der Waals surface area contributed by atoms with E-state index in [0.717, 1.165) is 28.0 Å². The smallest absolute Gasteiger partial charge is 0.129 e. The van der Waals surface area contributed by atoms with E-state index < -0.39 is 0 Å². The average Bonchev–Trinajstić information content (AvgIpc) is 2.38. The maximum atomic E-state index is 5.82. The van der Waals surface area contributed by atoms with E-state index in [1.54, 1.807) is 6.20 Å². The number of aromatic nitrogens is 1. The molecule has 0 saturated carbocycles. The Hall–Kier alpha value is -1.06. The van der Waals surface area contributed by atoms with Gasteiger partial charge in [-0.15, -0.1) is 11.6 Å². The van der Waals surface area contributed by atoms with E-state index in [2.05, 4.69) is 38.4 Å². The van der Waals surface area contributed by atoms with Crippen LogP contribution in [0.15, 0.2) is 41.0 Å². The van der Waals surface area contributed by atoms with E-state index in [0.29, 0.717) is 5.88 Å². The number of hydrogen-bond donors (Lipinski definition) is 1. The Morgan fingerprint density at radius 2 is 2.06 bits per heavy atom. The monoisotopic (exact) mass is 324 g/mol. The van der Waals surface area contributed by atoms with Crippen LogP contribution in [-0.2, 0) is 12.4 Å². The maximum absolute atomic E-state index is 5.82. The minimum absolute atomic E-state index is 0.545. The summed E-state index contributed by atoms with van der Waals surface area (Å²) in [6, 6.07) is 10.3. The number of anilines is 1. The zero-order valence-corrected chi connectivity index (χ0v) is 12.4. The predicted molar refractivity (Wildman–Crippen MR) is 80.0 cm³/mol. The Balaban J connectivity index is 2.06. The fourth-order valence-corrected chi connectivity index (χ4v) is 2.35. The van der Waals surface area contributed by atoms with Gasteiger partial charge in [0.05, 0.1) is 0 Å². The van der Waals surface area contributed by atoms with Crippen molar-refractivity contribution in [2.24, 2.45) is 0 Å². The summed E-state index contributed by atoms with van der Waals surface area (Å²) >= 11 is 9.23. The van der Waals surface area contributed by atoms with Gasteiger partial charge in [-0.25, -0.2) is 4.98 Å². The summed E-state index contributed by atoms with van der Waals surface area (Å²) in [5, 5.41) is 3.33. The molecule has 0 aliphatic carbocycles. The topological polar surface area (TPSA) is 24.9 Å². The van der Waals surface area contributed by atoms with E-state index in [-0.39, 0.29) is 0 Å². The van der Waals surface area contributed by atoms with Gasteiger partial charge in [0.25, 0.3) is 0 Å². The van der Waals surface area contributed by atoms with E-state index in [1.165, 1.54) is 5.56 Å². The lowest BCUT2D eigenvalue weighted by Crippen LogP contribution is -2.03. The third-order valence-electron chi connectivity index (χ3n) is 2.65. The van der Waals surface area contributed by atoms with Gasteiger partial charge >= 0.3 is 0 Å². The van der Waals surface area contributed by atoms with E-state index in [4.69, 9.17) is 11.6 Å². The van der Waals surface area contributed by atoms with Crippen molar-refractivity contribution in [3.8, 4) is 0 Å². The van der Waals surface area contributed by atoms with Gasteiger partial charge in [-0.05, 0) is 45.6 Å². The highest BCUT2D eigenvalue weighted by Gasteiger charge is 2.01. The molecule has 94 valence electrons. The molecule has 0 spiro atoms. The van der Waals surface area contributed by atoms with E-state index >= 15 is 0 Å². The van der Waals surface area contributed by atoms with Crippen LogP contribution >= 0.6 is 27.5 Å². The van der Waals surface area contributed by atoms with E-state index in [9.17, 15) is 0 Å². The zero-order valence-electron chi connectivity index (χ0n) is 10.1. The number of benzene rings is 1. The van der Waals surface area contributed by atoms with Crippen LogP contribution in [0.4, 0.5) is 5.82 Å². The van der Waals surface area contributed by atoms with Crippen molar-refractivity contribution >= 4 is 33.3 Å². The molecule has 18 heavy (non-hydrogen) atoms. The summed E-state index contributed by atoms with van der Waals surface area (Å²) in [6.07, 6.45) is 1.80. The Bertz CT molecular complexity index is 543. The lowest BCUT2D eigenvalue weighted by molar-refractivity contribution is 1.09. The van der Waals surface area contributed by atoms with Gasteiger partial charge < -0.3 is 5.32 Å². The second kappa shape index (κ2) is 6.21. The molecule has 2 aromatic rings. The second-order valence-corrected chi connectivity index (χ2v) is 5.31. The van der Waals surface area contributed by atoms with Gasteiger partial charge in [-0.2, -0.15) is 0 Å². The molecule has 4 heteroatoms. The fourth-order valence-electron chi connectivity index (χ4n) is 1.73. The molecule has 0 aliphatic heterocycles. The average molecular weight is 326 g/mol. The number of nitrogens with zero attached hydrogens (tertiary/aromatic N) is 1. The van der Waals surface area contributed by atoms with Crippen molar-refractivity contribution in [2.75, 3.05) is 5.32 Å². The highest BCUT2D eigenvalue weighted by Crippen LogP contribution is 2.17. The number of rotatable bonds is 4. The normalized spacial score (nSPS) is 10.4. The largest absolute Gasteiger partial charge is 0.366 e.